The van der Waals surface area contributed by atoms with Crippen LogP contribution in [0.1, 0.15) is 42.5 Å². The summed E-state index contributed by atoms with van der Waals surface area (Å²) >= 11 is 0. The summed E-state index contributed by atoms with van der Waals surface area (Å²) in [5, 5.41) is 3.42. The molecule has 0 radical (unpaired) electrons. The van der Waals surface area contributed by atoms with E-state index in [1.165, 1.54) is 55.3 Å². The summed E-state index contributed by atoms with van der Waals surface area (Å²) < 4.78 is 2.28. The van der Waals surface area contributed by atoms with Gasteiger partial charge in [-0.15, -0.1) is 0 Å². The smallest absolute Gasteiger partial charge is 0.235 e. The van der Waals surface area contributed by atoms with Gasteiger partial charge in [-0.05, 0) is 63.6 Å². The Morgan fingerprint density at radius 2 is 1.22 bits per heavy atom. The number of para-hydroxylation sites is 3. The molecule has 0 fully saturated rings. The van der Waals surface area contributed by atoms with Crippen LogP contribution in [-0.2, 0) is 5.41 Å². The molecular formula is C48H35N3. The summed E-state index contributed by atoms with van der Waals surface area (Å²) in [5.41, 5.74) is 15.6. The van der Waals surface area contributed by atoms with Crippen molar-refractivity contribution < 1.29 is 0 Å². The van der Waals surface area contributed by atoms with E-state index in [0.29, 0.717) is 5.95 Å². The van der Waals surface area contributed by atoms with E-state index < -0.39 is 0 Å². The van der Waals surface area contributed by atoms with E-state index in [2.05, 4.69) is 176 Å². The Morgan fingerprint density at radius 3 is 2.10 bits per heavy atom. The fourth-order valence-corrected chi connectivity index (χ4v) is 8.42. The van der Waals surface area contributed by atoms with Gasteiger partial charge in [0.15, 0.2) is 0 Å². The number of benzene rings is 6. The van der Waals surface area contributed by atoms with Crippen LogP contribution in [0.3, 0.4) is 0 Å². The highest BCUT2D eigenvalue weighted by Gasteiger charge is 2.35. The first-order valence-electron chi connectivity index (χ1n) is 17.7. The van der Waals surface area contributed by atoms with Crippen LogP contribution in [-0.4, -0.2) is 14.5 Å². The summed E-state index contributed by atoms with van der Waals surface area (Å²) in [5.74, 6) is 0.673. The maximum atomic E-state index is 5.35. The minimum absolute atomic E-state index is 0.0489. The van der Waals surface area contributed by atoms with Gasteiger partial charge < -0.3 is 0 Å². The van der Waals surface area contributed by atoms with Crippen molar-refractivity contribution in [3.63, 3.8) is 0 Å². The summed E-state index contributed by atoms with van der Waals surface area (Å²) in [7, 11) is 0. The van der Waals surface area contributed by atoms with Crippen LogP contribution in [0.5, 0.6) is 0 Å². The van der Waals surface area contributed by atoms with Gasteiger partial charge in [-0.1, -0.05) is 159 Å². The number of aromatic nitrogens is 3. The first kappa shape index (κ1) is 29.6. The molecule has 0 unspecified atom stereocenters. The second-order valence-corrected chi connectivity index (χ2v) is 14.2. The molecule has 0 aliphatic heterocycles. The van der Waals surface area contributed by atoms with Crippen molar-refractivity contribution in [2.45, 2.75) is 25.7 Å². The lowest BCUT2D eigenvalue weighted by Crippen LogP contribution is -2.15. The number of hydrogen-bond acceptors (Lipinski definition) is 2. The van der Waals surface area contributed by atoms with Gasteiger partial charge >= 0.3 is 0 Å². The van der Waals surface area contributed by atoms with Gasteiger partial charge in [-0.3, -0.25) is 4.57 Å². The fraction of sp³-hybridized carbons (Fsp3) is 0.0833. The predicted octanol–water partition coefficient (Wildman–Crippen LogP) is 12.1. The molecule has 242 valence electrons. The third-order valence-corrected chi connectivity index (χ3v) is 10.9. The van der Waals surface area contributed by atoms with Crippen LogP contribution in [0.2, 0.25) is 0 Å². The van der Waals surface area contributed by atoms with Crippen LogP contribution >= 0.6 is 0 Å². The Balaban J connectivity index is 1.15. The van der Waals surface area contributed by atoms with Crippen molar-refractivity contribution >= 4 is 43.9 Å². The third-order valence-electron chi connectivity index (χ3n) is 10.9. The molecule has 0 saturated carbocycles. The van der Waals surface area contributed by atoms with Crippen molar-refractivity contribution in [2.24, 2.45) is 0 Å². The molecule has 0 spiro atoms. The molecule has 0 atom stereocenters. The average Bonchev–Trinajstić information content (AvgIpc) is 3.48. The topological polar surface area (TPSA) is 30.7 Å². The zero-order chi connectivity index (χ0) is 34.1. The molecule has 8 aromatic rings. The highest BCUT2D eigenvalue weighted by molar-refractivity contribution is 6.12. The van der Waals surface area contributed by atoms with Gasteiger partial charge in [-0.25, -0.2) is 9.97 Å². The number of nitrogens with zero attached hydrogens (tertiary/aromatic N) is 3. The zero-order valence-corrected chi connectivity index (χ0v) is 28.6. The van der Waals surface area contributed by atoms with E-state index in [4.69, 9.17) is 9.97 Å². The molecule has 2 aromatic heterocycles. The molecule has 0 amide bonds. The third kappa shape index (κ3) is 4.58. The number of hydrogen-bond donors (Lipinski definition) is 0. The van der Waals surface area contributed by atoms with Crippen molar-refractivity contribution in [1.82, 2.24) is 14.5 Å². The van der Waals surface area contributed by atoms with E-state index in [0.717, 1.165) is 39.6 Å². The molecule has 0 N–H and O–H groups in total. The van der Waals surface area contributed by atoms with Gasteiger partial charge in [0, 0.05) is 32.7 Å². The SMILES string of the molecule is CC1(C)c2ccccc2-c2ccc(C3=CC=CC=C(c4cccc5c6ccccc6n(-c6nc(-c7ccccc7)c7ccccc7n6)c45)C3)cc21. The summed E-state index contributed by atoms with van der Waals surface area (Å²) in [6.07, 6.45) is 9.73. The van der Waals surface area contributed by atoms with Crippen LogP contribution < -0.4 is 0 Å². The minimum atomic E-state index is -0.0489. The summed E-state index contributed by atoms with van der Waals surface area (Å²) in [6, 6.07) is 50.1. The first-order valence-corrected chi connectivity index (χ1v) is 17.7. The molecule has 2 aliphatic carbocycles. The molecule has 0 bridgehead atoms. The highest BCUT2D eigenvalue weighted by atomic mass is 15.2. The molecule has 0 saturated heterocycles. The van der Waals surface area contributed by atoms with Crippen LogP contribution in [0.15, 0.2) is 164 Å². The molecule has 51 heavy (non-hydrogen) atoms. The molecule has 3 heteroatoms. The Labute approximate surface area is 297 Å². The molecule has 2 heterocycles. The van der Waals surface area contributed by atoms with Crippen molar-refractivity contribution in [2.75, 3.05) is 0 Å². The zero-order valence-electron chi connectivity index (χ0n) is 28.6. The lowest BCUT2D eigenvalue weighted by molar-refractivity contribution is 0.660. The van der Waals surface area contributed by atoms with E-state index in [1.807, 2.05) is 6.07 Å². The van der Waals surface area contributed by atoms with Gasteiger partial charge in [0.25, 0.3) is 0 Å². The van der Waals surface area contributed by atoms with Crippen molar-refractivity contribution in [1.29, 1.82) is 0 Å². The second kappa shape index (κ2) is 11.4. The average molecular weight is 654 g/mol. The highest BCUT2D eigenvalue weighted by Crippen LogP contribution is 2.49. The van der Waals surface area contributed by atoms with E-state index in [-0.39, 0.29) is 5.41 Å². The summed E-state index contributed by atoms with van der Waals surface area (Å²) in [6.45, 7) is 4.71. The Morgan fingerprint density at radius 1 is 0.529 bits per heavy atom. The monoisotopic (exact) mass is 653 g/mol. The maximum Gasteiger partial charge on any atom is 0.235 e. The fourth-order valence-electron chi connectivity index (χ4n) is 8.42. The normalized spacial score (nSPS) is 14.7. The number of fused-ring (bicyclic) bond motifs is 7. The van der Waals surface area contributed by atoms with Gasteiger partial charge in [0.2, 0.25) is 5.95 Å². The quantitative estimate of drug-likeness (QED) is 0.189. The van der Waals surface area contributed by atoms with Crippen molar-refractivity contribution in [3.05, 3.63) is 186 Å². The first-order chi connectivity index (χ1) is 25.1. The van der Waals surface area contributed by atoms with E-state index in [1.54, 1.807) is 0 Å². The van der Waals surface area contributed by atoms with E-state index >= 15 is 0 Å². The van der Waals surface area contributed by atoms with Crippen LogP contribution in [0, 0.1) is 0 Å². The van der Waals surface area contributed by atoms with Gasteiger partial charge in [-0.2, -0.15) is 0 Å². The Hall–Kier alpha value is -6.32. The van der Waals surface area contributed by atoms with Crippen LogP contribution in [0.4, 0.5) is 0 Å². The largest absolute Gasteiger partial charge is 0.277 e. The number of allylic oxidation sites excluding steroid dienone is 6. The van der Waals surface area contributed by atoms with Crippen molar-refractivity contribution in [3.8, 4) is 28.3 Å². The number of rotatable bonds is 4. The standard InChI is InChI=1S/C48H35N3/c1-48(2)41-24-11-8-19-36(41)37-28-27-33(30-42(37)48)32-17-6-7-18-34(29-32)35-22-14-23-39-38-20-10-13-26-44(38)51(46(35)39)47-49-43-25-12-9-21-40(43)45(50-47)31-15-4-3-5-16-31/h3-28,30H,29H2,1-2H3. The minimum Gasteiger partial charge on any atom is -0.277 e. The maximum absolute atomic E-state index is 5.35. The van der Waals surface area contributed by atoms with E-state index in [9.17, 15) is 0 Å². The Bertz CT molecular complexity index is 2790. The molecule has 6 aromatic carbocycles. The Kier molecular flexibility index (Phi) is 6.59. The lowest BCUT2D eigenvalue weighted by atomic mass is 9.81. The summed E-state index contributed by atoms with van der Waals surface area (Å²) in [4.78, 5) is 10.6. The van der Waals surface area contributed by atoms with Crippen LogP contribution in [0.25, 0.3) is 72.2 Å². The van der Waals surface area contributed by atoms with Gasteiger partial charge in [0.05, 0.1) is 22.2 Å². The molecule has 2 aliphatic rings. The van der Waals surface area contributed by atoms with Gasteiger partial charge in [0.1, 0.15) is 0 Å². The molecule has 10 rings (SSSR count). The second-order valence-electron chi connectivity index (χ2n) is 14.2. The molecular weight excluding hydrogens is 619 g/mol. The predicted molar refractivity (Wildman–Crippen MR) is 213 cm³/mol. The molecule has 3 nitrogen and oxygen atoms in total. The lowest BCUT2D eigenvalue weighted by Gasteiger charge is -2.22.